The van der Waals surface area contributed by atoms with E-state index in [1.807, 2.05) is 27.9 Å². The van der Waals surface area contributed by atoms with Crippen molar-refractivity contribution < 1.29 is 56.6 Å². The summed E-state index contributed by atoms with van der Waals surface area (Å²) < 4.78 is 47.1. The summed E-state index contributed by atoms with van der Waals surface area (Å²) in [4.78, 5) is 65.5. The van der Waals surface area contributed by atoms with Gasteiger partial charge in [0.2, 0.25) is 0 Å². The highest BCUT2D eigenvalue weighted by Crippen LogP contribution is 2.46. The molecule has 0 fully saturated rings. The third-order valence-electron chi connectivity index (χ3n) is 15.1. The van der Waals surface area contributed by atoms with Gasteiger partial charge in [0.1, 0.15) is 6.61 Å². The summed E-state index contributed by atoms with van der Waals surface area (Å²) in [5, 5.41) is 3.59. The molecule has 73 heavy (non-hydrogen) atoms. The third kappa shape index (κ3) is 34.3. The van der Waals surface area contributed by atoms with Crippen LogP contribution in [0.2, 0.25) is 0 Å². The average molecular weight is 1060 g/mol. The molecule has 5 atom stereocenters. The Hall–Kier alpha value is -2.09. The predicted molar refractivity (Wildman–Crippen MR) is 296 cm³/mol. The highest BCUT2D eigenvalue weighted by molar-refractivity contribution is 7.47. The lowest BCUT2D eigenvalue weighted by Gasteiger charge is -2.51. The van der Waals surface area contributed by atoms with Crippen LogP contribution < -0.4 is 5.32 Å². The molecule has 0 rings (SSSR count). The number of nitrogens with zero attached hydrogens (tertiary/aromatic N) is 1. The average Bonchev–Trinajstić information content (AvgIpc) is 3.32. The second kappa shape index (κ2) is 41.1. The number of carbonyl (C=O) groups is 4. The van der Waals surface area contributed by atoms with Crippen molar-refractivity contribution in [2.75, 3.05) is 40.5 Å². The zero-order chi connectivity index (χ0) is 55.2. The lowest BCUT2D eigenvalue weighted by Crippen LogP contribution is -2.68. The van der Waals surface area contributed by atoms with Gasteiger partial charge in [0.05, 0.1) is 37.8 Å². The number of likely N-dealkylation sites (N-methyl/N-ethyl adjacent to an activating group) is 1. The van der Waals surface area contributed by atoms with E-state index in [4.69, 9.17) is 28.0 Å². The number of nitrogens with one attached hydrogen (secondary N) is 1. The van der Waals surface area contributed by atoms with Gasteiger partial charge in [0.15, 0.2) is 6.10 Å². The third-order valence-corrected chi connectivity index (χ3v) is 16.1. The molecule has 15 heteroatoms. The van der Waals surface area contributed by atoms with Crippen LogP contribution in [0.15, 0.2) is 0 Å². The fourth-order valence-corrected chi connectivity index (χ4v) is 9.92. The van der Waals surface area contributed by atoms with Gasteiger partial charge < -0.3 is 34.1 Å². The van der Waals surface area contributed by atoms with Crippen molar-refractivity contribution >= 4 is 31.7 Å². The minimum Gasteiger partial charge on any atom is -0.465 e. The van der Waals surface area contributed by atoms with E-state index in [1.165, 1.54) is 51.4 Å². The maximum atomic E-state index is 13.4. The van der Waals surface area contributed by atoms with E-state index in [-0.39, 0.29) is 55.4 Å². The zero-order valence-corrected chi connectivity index (χ0v) is 50.1. The predicted octanol–water partition coefficient (Wildman–Crippen LogP) is 14.6. The Morgan fingerprint density at radius 3 is 1.33 bits per heavy atom. The second-order valence-corrected chi connectivity index (χ2v) is 24.1. The van der Waals surface area contributed by atoms with Crippen LogP contribution in [0.25, 0.3) is 0 Å². The number of phosphoric acid groups is 1. The van der Waals surface area contributed by atoms with E-state index in [2.05, 4.69) is 65.6 Å². The van der Waals surface area contributed by atoms with Crippen molar-refractivity contribution in [3.8, 4) is 0 Å². The first-order valence-corrected chi connectivity index (χ1v) is 30.8. The molecule has 5 unspecified atom stereocenters. The summed E-state index contributed by atoms with van der Waals surface area (Å²) in [7, 11) is -0.732. The van der Waals surface area contributed by atoms with Gasteiger partial charge in [-0.05, 0) is 114 Å². The van der Waals surface area contributed by atoms with Gasteiger partial charge in [-0.1, -0.05) is 156 Å². The lowest BCUT2D eigenvalue weighted by molar-refractivity contribution is -0.161. The van der Waals surface area contributed by atoms with Gasteiger partial charge in [0.25, 0.3) is 0 Å². The number of carbonyl (C=O) groups excluding carboxylic acids is 4. The molecule has 0 radical (unpaired) electrons. The molecule has 2 N–H and O–H groups in total. The van der Waals surface area contributed by atoms with Crippen molar-refractivity contribution in [1.82, 2.24) is 10.2 Å². The molecule has 0 bridgehead atoms. The molecule has 0 aromatic carbocycles. The Balaban J connectivity index is 5.57. The van der Waals surface area contributed by atoms with Gasteiger partial charge in [0, 0.05) is 29.5 Å². The van der Waals surface area contributed by atoms with Crippen LogP contribution in [0.3, 0.4) is 0 Å². The van der Waals surface area contributed by atoms with Crippen molar-refractivity contribution in [3.05, 3.63) is 0 Å². The SMILES string of the molecule is CCCCCCCCC(CCCCCC)C(=O)OCCCCC(=O)OCC(COP(=O)(O)OC(C)C(C)(C)NC(C)(C)C(C)(C)N(C)C)OC(=O)CCCCOC(=O)C(CCCCCC)CCCCCCCC. The van der Waals surface area contributed by atoms with Gasteiger partial charge in [-0.3, -0.25) is 28.2 Å². The van der Waals surface area contributed by atoms with E-state index in [9.17, 15) is 28.6 Å². The van der Waals surface area contributed by atoms with Crippen LogP contribution in [-0.2, 0) is 51.7 Å². The fourth-order valence-electron chi connectivity index (χ4n) is 8.84. The molecule has 0 saturated heterocycles. The molecule has 0 aromatic heterocycles. The maximum absolute atomic E-state index is 13.4. The summed E-state index contributed by atoms with van der Waals surface area (Å²) in [6.45, 7) is 22.0. The first-order chi connectivity index (χ1) is 34.5. The Morgan fingerprint density at radius 1 is 0.534 bits per heavy atom. The number of rotatable bonds is 49. The Labute approximate surface area is 447 Å². The van der Waals surface area contributed by atoms with Crippen LogP contribution >= 0.6 is 7.82 Å². The summed E-state index contributed by atoms with van der Waals surface area (Å²) in [6.07, 6.45) is 25.9. The quantitative estimate of drug-likeness (QED) is 0.0255. The van der Waals surface area contributed by atoms with Crippen LogP contribution in [0.5, 0.6) is 0 Å². The largest absolute Gasteiger partial charge is 0.472 e. The molecule has 14 nitrogen and oxygen atoms in total. The topological polar surface area (TPSA) is 176 Å². The van der Waals surface area contributed by atoms with E-state index >= 15 is 0 Å². The van der Waals surface area contributed by atoms with E-state index in [0.717, 1.165) is 103 Å². The Kier molecular flexibility index (Phi) is 39.9. The monoisotopic (exact) mass is 1060 g/mol. The van der Waals surface area contributed by atoms with Crippen LogP contribution in [0, 0.1) is 11.8 Å². The molecule has 0 amide bonds. The first kappa shape index (κ1) is 70.9. The van der Waals surface area contributed by atoms with E-state index < -0.39 is 56.3 Å². The van der Waals surface area contributed by atoms with Crippen molar-refractivity contribution in [2.24, 2.45) is 11.8 Å². The summed E-state index contributed by atoms with van der Waals surface area (Å²) in [5.74, 6) is -1.72. The van der Waals surface area contributed by atoms with Gasteiger partial charge >= 0.3 is 31.7 Å². The highest BCUT2D eigenvalue weighted by Gasteiger charge is 2.45. The normalized spacial score (nSPS) is 14.8. The maximum Gasteiger partial charge on any atom is 0.472 e. The van der Waals surface area contributed by atoms with Crippen LogP contribution in [-0.4, -0.2) is 103 Å². The van der Waals surface area contributed by atoms with Gasteiger partial charge in [-0.2, -0.15) is 0 Å². The van der Waals surface area contributed by atoms with Crippen LogP contribution in [0.1, 0.15) is 269 Å². The van der Waals surface area contributed by atoms with E-state index in [1.54, 1.807) is 6.92 Å². The van der Waals surface area contributed by atoms with Crippen molar-refractivity contribution in [3.63, 3.8) is 0 Å². The van der Waals surface area contributed by atoms with Crippen molar-refractivity contribution in [2.45, 2.75) is 298 Å². The van der Waals surface area contributed by atoms with Crippen molar-refractivity contribution in [1.29, 1.82) is 0 Å². The molecule has 0 aliphatic rings. The number of esters is 4. The summed E-state index contributed by atoms with van der Waals surface area (Å²) in [5.41, 5.74) is -1.55. The summed E-state index contributed by atoms with van der Waals surface area (Å²) in [6, 6.07) is 0. The van der Waals surface area contributed by atoms with Crippen LogP contribution in [0.4, 0.5) is 0 Å². The lowest BCUT2D eigenvalue weighted by atomic mass is 9.79. The standard InChI is InChI=1S/C58H113N2O12P/c1-14-18-22-26-28-32-40-49(38-30-24-20-16-3)54(63)67-44-36-34-42-52(61)69-46-51(47-70-73(65,66)72-48(5)56(6,7)59-57(8,9)58(10,11)60(12)13)71-53(62)43-35-37-45-68-55(64)50(39-31-25-21-17-4)41-33-29-27-23-19-15-2/h48-51,59H,14-47H2,1-13H3,(H,65,66). The van der Waals surface area contributed by atoms with E-state index in [0.29, 0.717) is 25.7 Å². The smallest absolute Gasteiger partial charge is 0.465 e. The number of ether oxygens (including phenoxy) is 4. The molecule has 0 saturated carbocycles. The molecular weight excluding hydrogens is 948 g/mol. The zero-order valence-electron chi connectivity index (χ0n) is 49.2. The molecule has 0 aromatic rings. The van der Waals surface area contributed by atoms with Gasteiger partial charge in [-0.25, -0.2) is 4.57 Å². The number of unbranched alkanes of at least 4 members (excludes halogenated alkanes) is 18. The first-order valence-electron chi connectivity index (χ1n) is 29.3. The summed E-state index contributed by atoms with van der Waals surface area (Å²) >= 11 is 0. The van der Waals surface area contributed by atoms with Gasteiger partial charge in [-0.15, -0.1) is 0 Å². The Morgan fingerprint density at radius 2 is 0.918 bits per heavy atom. The minimum absolute atomic E-state index is 0.0132. The molecule has 0 spiro atoms. The molecule has 432 valence electrons. The second-order valence-electron chi connectivity index (χ2n) is 22.7. The number of hydrogen-bond acceptors (Lipinski definition) is 13. The fraction of sp³-hybridized carbons (Fsp3) is 0.931. The number of hydrogen-bond donors (Lipinski definition) is 2. The molecule has 0 aliphatic carbocycles. The molecule has 0 aliphatic heterocycles. The molecule has 0 heterocycles. The number of phosphoric ester groups is 1. The minimum atomic E-state index is -4.72. The molecular formula is C58H113N2O12P. The highest BCUT2D eigenvalue weighted by atomic mass is 31.2. The Bertz CT molecular complexity index is 1490.